The first-order chi connectivity index (χ1) is 51.6. The first-order valence-corrected chi connectivity index (χ1v) is 35.8. The van der Waals surface area contributed by atoms with Crippen molar-refractivity contribution in [2.45, 2.75) is 0 Å². The van der Waals surface area contributed by atoms with Crippen molar-refractivity contribution in [3.05, 3.63) is 400 Å². The largest absolute Gasteiger partial charge is 0.309 e. The Morgan fingerprint density at radius 2 is 0.317 bits per heavy atom. The van der Waals surface area contributed by atoms with E-state index >= 15 is 0 Å². The first-order valence-electron chi connectivity index (χ1n) is 35.8. The minimum atomic E-state index is 1.16. The fourth-order valence-electron chi connectivity index (χ4n) is 16.2. The molecule has 0 saturated carbocycles. The Kier molecular flexibility index (Phi) is 14.5. The molecule has 17 aromatic carbocycles. The van der Waals surface area contributed by atoms with Gasteiger partial charge in [0.05, 0.1) is 44.1 Å². The lowest BCUT2D eigenvalue weighted by Gasteiger charge is -2.11. The van der Waals surface area contributed by atoms with Gasteiger partial charge in [-0.1, -0.05) is 273 Å². The van der Waals surface area contributed by atoms with Gasteiger partial charge in [0.25, 0.3) is 0 Å². The van der Waals surface area contributed by atoms with Gasteiger partial charge in [-0.25, -0.2) is 0 Å². The van der Waals surface area contributed by atoms with Crippen LogP contribution in [0.1, 0.15) is 0 Å². The summed E-state index contributed by atoms with van der Waals surface area (Å²) in [5, 5.41) is 12.6. The first kappa shape index (κ1) is 60.2. The van der Waals surface area contributed by atoms with Crippen LogP contribution < -0.4 is 0 Å². The normalized spacial score (nSPS) is 11.7. The number of para-hydroxylation sites is 7. The van der Waals surface area contributed by atoms with E-state index in [1.54, 1.807) is 0 Å². The van der Waals surface area contributed by atoms with Gasteiger partial charge in [0.1, 0.15) is 0 Å². The molecule has 4 heteroatoms. The molecule has 4 heterocycles. The number of hydrogen-bond donors (Lipinski definition) is 0. The molecule has 0 aliphatic carbocycles. The molecule has 0 bridgehead atoms. The average Bonchev–Trinajstić information content (AvgIpc) is 1.61. The predicted molar refractivity (Wildman–Crippen MR) is 440 cm³/mol. The van der Waals surface area contributed by atoms with Gasteiger partial charge >= 0.3 is 0 Å². The van der Waals surface area contributed by atoms with Crippen molar-refractivity contribution in [1.82, 2.24) is 18.3 Å². The van der Waals surface area contributed by atoms with Crippen LogP contribution in [0.4, 0.5) is 0 Å². The highest BCUT2D eigenvalue weighted by Crippen LogP contribution is 2.42. The van der Waals surface area contributed by atoms with Crippen LogP contribution in [0.3, 0.4) is 0 Å². The summed E-state index contributed by atoms with van der Waals surface area (Å²) in [5.41, 5.74) is 29.0. The van der Waals surface area contributed by atoms with Crippen molar-refractivity contribution in [2.75, 3.05) is 0 Å². The summed E-state index contributed by atoms with van der Waals surface area (Å²) < 4.78 is 9.49. The van der Waals surface area contributed by atoms with Crippen molar-refractivity contribution >= 4 is 98.0 Å². The highest BCUT2D eigenvalue weighted by atomic mass is 15.0. The number of rotatable bonds is 10. The molecule has 21 rings (SSSR count). The topological polar surface area (TPSA) is 19.7 Å². The molecule has 0 N–H and O–H groups in total. The second-order valence-corrected chi connectivity index (χ2v) is 27.2. The standard InChI is InChI=1S/C52H34N2.C48H32N2/c1-2-12-43(13-3-1)53-49-16-8-6-14-45(49)47-33-41(26-30-51(47)53)36-18-20-37(21-19-36)42-27-31-52-48(34-42)46-15-7-9-17-50(46)54(52)44-28-24-38(25-29-44)40-23-22-35-10-4-5-11-39(35)32-40;1-3-11-39(12-4-1)49-45-17-9-7-15-41(45)43-31-37(27-29-47(43)49)35-23-19-33(20-24-35)34-21-25-36(26-22-34)38-28-30-48-44(32-38)42-16-8-10-18-46(42)50(48)40-13-5-2-6-14-40/h1-34H;1-32H. The van der Waals surface area contributed by atoms with Gasteiger partial charge in [0, 0.05) is 65.8 Å². The van der Waals surface area contributed by atoms with Crippen molar-refractivity contribution < 1.29 is 0 Å². The Morgan fingerprint density at radius 1 is 0.115 bits per heavy atom. The van der Waals surface area contributed by atoms with Gasteiger partial charge in [0.2, 0.25) is 0 Å². The Morgan fingerprint density at radius 3 is 0.625 bits per heavy atom. The van der Waals surface area contributed by atoms with Gasteiger partial charge in [-0.2, -0.15) is 0 Å². The van der Waals surface area contributed by atoms with E-state index in [0.717, 1.165) is 5.69 Å². The molecule has 0 unspecified atom stereocenters. The molecule has 0 aliphatic rings. The predicted octanol–water partition coefficient (Wildman–Crippen LogP) is 26.9. The lowest BCUT2D eigenvalue weighted by Crippen LogP contribution is -1.93. The Labute approximate surface area is 602 Å². The van der Waals surface area contributed by atoms with Gasteiger partial charge in [-0.3, -0.25) is 0 Å². The smallest absolute Gasteiger partial charge is 0.0541 e. The summed E-state index contributed by atoms with van der Waals surface area (Å²) in [4.78, 5) is 0. The molecule has 4 nitrogen and oxygen atoms in total. The van der Waals surface area contributed by atoms with E-state index < -0.39 is 0 Å². The Balaban J connectivity index is 0.000000139. The van der Waals surface area contributed by atoms with Gasteiger partial charge in [-0.15, -0.1) is 0 Å². The van der Waals surface area contributed by atoms with Crippen LogP contribution >= 0.6 is 0 Å². The second kappa shape index (κ2) is 25.1. The summed E-state index contributed by atoms with van der Waals surface area (Å²) in [6, 6.07) is 145. The zero-order chi connectivity index (χ0) is 68.6. The fraction of sp³-hybridized carbons (Fsp3) is 0. The third-order valence-electron chi connectivity index (χ3n) is 21.3. The summed E-state index contributed by atoms with van der Waals surface area (Å²) in [6.07, 6.45) is 0. The molecule has 0 aliphatic heterocycles. The second-order valence-electron chi connectivity index (χ2n) is 27.2. The monoisotopic (exact) mass is 1320 g/mol. The van der Waals surface area contributed by atoms with Crippen LogP contribution in [-0.4, -0.2) is 18.3 Å². The molecule has 21 aromatic rings. The highest BCUT2D eigenvalue weighted by molar-refractivity contribution is 6.14. The quantitative estimate of drug-likeness (QED) is 0.130. The lowest BCUT2D eigenvalue weighted by molar-refractivity contribution is 1.18. The van der Waals surface area contributed by atoms with Crippen LogP contribution in [0.15, 0.2) is 400 Å². The highest BCUT2D eigenvalue weighted by Gasteiger charge is 2.19. The lowest BCUT2D eigenvalue weighted by atomic mass is 9.97. The van der Waals surface area contributed by atoms with Crippen LogP contribution in [0.2, 0.25) is 0 Å². The fourth-order valence-corrected chi connectivity index (χ4v) is 16.2. The molecule has 0 saturated heterocycles. The average molecular weight is 1320 g/mol. The Hall–Kier alpha value is -13.8. The molecular weight excluding hydrogens is 1260 g/mol. The SMILES string of the molecule is c1ccc(-n2c3ccccc3c3cc(-c4ccc(-c5ccc(-c6ccc7c(c6)c6ccccc6n7-c6ccccc6)cc5)cc4)ccc32)cc1.c1ccc(-n2c3ccccc3c3cc(-c4ccc(-c5ccc6c(c5)c5ccccc5n6-c5ccc(-c6ccc7ccccc7c6)cc5)cc4)ccc32)cc1. The van der Waals surface area contributed by atoms with E-state index in [-0.39, 0.29) is 0 Å². The molecule has 104 heavy (non-hydrogen) atoms. The summed E-state index contributed by atoms with van der Waals surface area (Å²) in [7, 11) is 0. The summed E-state index contributed by atoms with van der Waals surface area (Å²) in [5.74, 6) is 0. The minimum absolute atomic E-state index is 1.16. The van der Waals surface area contributed by atoms with Crippen molar-refractivity contribution in [1.29, 1.82) is 0 Å². The molecule has 0 amide bonds. The van der Waals surface area contributed by atoms with E-state index in [1.807, 2.05) is 0 Å². The van der Waals surface area contributed by atoms with E-state index in [0.29, 0.717) is 0 Å². The van der Waals surface area contributed by atoms with Gasteiger partial charge in [-0.05, 0) is 205 Å². The third-order valence-corrected chi connectivity index (χ3v) is 21.3. The minimum Gasteiger partial charge on any atom is -0.309 e. The molecule has 486 valence electrons. The van der Waals surface area contributed by atoms with Crippen molar-refractivity contribution in [2.24, 2.45) is 0 Å². The maximum atomic E-state index is 2.40. The van der Waals surface area contributed by atoms with E-state index in [1.165, 1.54) is 182 Å². The van der Waals surface area contributed by atoms with Crippen molar-refractivity contribution in [3.63, 3.8) is 0 Å². The third kappa shape index (κ3) is 10.4. The van der Waals surface area contributed by atoms with Crippen LogP contribution in [0.25, 0.3) is 188 Å². The molecular formula is C100H66N4. The maximum absolute atomic E-state index is 2.40. The molecule has 0 radical (unpaired) electrons. The number of aromatic nitrogens is 4. The van der Waals surface area contributed by atoms with Crippen molar-refractivity contribution in [3.8, 4) is 89.5 Å². The van der Waals surface area contributed by atoms with Crippen LogP contribution in [-0.2, 0) is 0 Å². The molecule has 0 fully saturated rings. The molecule has 0 spiro atoms. The number of fused-ring (bicyclic) bond motifs is 13. The van der Waals surface area contributed by atoms with Crippen LogP contribution in [0, 0.1) is 0 Å². The van der Waals surface area contributed by atoms with E-state index in [2.05, 4.69) is 419 Å². The van der Waals surface area contributed by atoms with Gasteiger partial charge < -0.3 is 18.3 Å². The summed E-state index contributed by atoms with van der Waals surface area (Å²) >= 11 is 0. The number of nitrogens with zero attached hydrogens (tertiary/aromatic N) is 4. The summed E-state index contributed by atoms with van der Waals surface area (Å²) in [6.45, 7) is 0. The van der Waals surface area contributed by atoms with Crippen LogP contribution in [0.5, 0.6) is 0 Å². The number of hydrogen-bond acceptors (Lipinski definition) is 0. The maximum Gasteiger partial charge on any atom is 0.0541 e. The molecule has 0 atom stereocenters. The zero-order valence-corrected chi connectivity index (χ0v) is 56.9. The van der Waals surface area contributed by atoms with Gasteiger partial charge in [0.15, 0.2) is 0 Å². The number of benzene rings is 17. The Bertz CT molecular complexity index is 6640. The van der Waals surface area contributed by atoms with E-state index in [9.17, 15) is 0 Å². The zero-order valence-electron chi connectivity index (χ0n) is 56.9. The van der Waals surface area contributed by atoms with E-state index in [4.69, 9.17) is 0 Å². The molecule has 4 aromatic heterocycles.